The predicted octanol–water partition coefficient (Wildman–Crippen LogP) is 3.63. The van der Waals surface area contributed by atoms with Gasteiger partial charge in [-0.2, -0.15) is 0 Å². The van der Waals surface area contributed by atoms with Crippen LogP contribution in [0, 0.1) is 5.82 Å². The van der Waals surface area contributed by atoms with Crippen molar-refractivity contribution >= 4 is 11.9 Å². The lowest BCUT2D eigenvalue weighted by atomic mass is 9.74. The normalized spacial score (nSPS) is 15.0. The number of carbonyl (C=O) groups excluding carboxylic acids is 1. The van der Waals surface area contributed by atoms with Gasteiger partial charge in [0.05, 0.1) is 24.6 Å². The van der Waals surface area contributed by atoms with Gasteiger partial charge in [-0.3, -0.25) is 9.59 Å². The topological polar surface area (TPSA) is 75.6 Å². The van der Waals surface area contributed by atoms with Crippen LogP contribution in [0.1, 0.15) is 36.0 Å². The molecule has 6 heteroatoms. The maximum Gasteiger partial charge on any atom is 0.305 e. The number of ether oxygens (including phenoxy) is 1. The van der Waals surface area contributed by atoms with Crippen LogP contribution < -0.4 is 10.1 Å². The quantitative estimate of drug-likeness (QED) is 0.828. The van der Waals surface area contributed by atoms with E-state index in [4.69, 9.17) is 9.84 Å². The molecule has 1 saturated carbocycles. The third-order valence-corrected chi connectivity index (χ3v) is 4.82. The van der Waals surface area contributed by atoms with E-state index in [1.165, 1.54) is 12.1 Å². The van der Waals surface area contributed by atoms with E-state index in [0.717, 1.165) is 12.0 Å². The number of hydrogen-bond acceptors (Lipinski definition) is 3. The number of methoxy groups -OCH3 is 1. The summed E-state index contributed by atoms with van der Waals surface area (Å²) in [7, 11) is 1.57. The fourth-order valence-corrected chi connectivity index (χ4v) is 3.21. The van der Waals surface area contributed by atoms with Gasteiger partial charge in [-0.25, -0.2) is 4.39 Å². The number of hydrogen-bond donors (Lipinski definition) is 2. The van der Waals surface area contributed by atoms with E-state index in [1.54, 1.807) is 25.3 Å². The highest BCUT2D eigenvalue weighted by Gasteiger charge is 2.40. The smallest absolute Gasteiger partial charge is 0.305 e. The lowest BCUT2D eigenvalue weighted by molar-refractivity contribution is -0.139. The summed E-state index contributed by atoms with van der Waals surface area (Å²) in [5.41, 5.74) is 0.604. The molecule has 2 aromatic rings. The summed E-state index contributed by atoms with van der Waals surface area (Å²) < 4.78 is 19.6. The van der Waals surface area contributed by atoms with E-state index in [0.29, 0.717) is 24.2 Å². The van der Waals surface area contributed by atoms with Crippen LogP contribution >= 0.6 is 0 Å². The molecule has 26 heavy (non-hydrogen) atoms. The molecule has 1 amide bonds. The second kappa shape index (κ2) is 7.15. The molecule has 0 saturated heterocycles. The van der Waals surface area contributed by atoms with Crippen molar-refractivity contribution in [1.82, 2.24) is 5.32 Å². The average Bonchev–Trinajstić information content (AvgIpc) is 2.59. The SMILES string of the molecule is COc1ccc(-c2ccc(C(=O)NC3(CC(=O)O)CCC3)c(F)c2)cc1. The molecular weight excluding hydrogens is 337 g/mol. The van der Waals surface area contributed by atoms with Gasteiger partial charge in [-0.15, -0.1) is 0 Å². The Bertz CT molecular complexity index is 828. The summed E-state index contributed by atoms with van der Waals surface area (Å²) in [6.07, 6.45) is 1.89. The number of halogens is 1. The summed E-state index contributed by atoms with van der Waals surface area (Å²) in [4.78, 5) is 23.4. The molecule has 5 nitrogen and oxygen atoms in total. The Hall–Kier alpha value is -2.89. The van der Waals surface area contributed by atoms with Crippen molar-refractivity contribution in [3.8, 4) is 16.9 Å². The number of carboxylic acids is 1. The minimum atomic E-state index is -0.972. The third kappa shape index (κ3) is 3.69. The van der Waals surface area contributed by atoms with E-state index in [-0.39, 0.29) is 12.0 Å². The van der Waals surface area contributed by atoms with E-state index in [9.17, 15) is 14.0 Å². The molecule has 0 radical (unpaired) electrons. The van der Waals surface area contributed by atoms with Crippen LogP contribution in [0.4, 0.5) is 4.39 Å². The van der Waals surface area contributed by atoms with E-state index >= 15 is 0 Å². The van der Waals surface area contributed by atoms with Crippen LogP contribution in [0.2, 0.25) is 0 Å². The number of carboxylic acid groups (broad SMARTS) is 1. The highest BCUT2D eigenvalue weighted by Crippen LogP contribution is 2.35. The lowest BCUT2D eigenvalue weighted by Crippen LogP contribution is -2.54. The first-order valence-electron chi connectivity index (χ1n) is 8.41. The van der Waals surface area contributed by atoms with Gasteiger partial charge in [0.25, 0.3) is 5.91 Å². The standard InChI is InChI=1S/C20H20FNO4/c1-26-15-6-3-13(4-7-15)14-5-8-16(17(21)11-14)19(25)22-20(9-2-10-20)12-18(23)24/h3-8,11H,2,9-10,12H2,1H3,(H,22,25)(H,23,24). The largest absolute Gasteiger partial charge is 0.497 e. The van der Waals surface area contributed by atoms with Crippen molar-refractivity contribution < 1.29 is 23.8 Å². The van der Waals surface area contributed by atoms with Crippen molar-refractivity contribution in [3.63, 3.8) is 0 Å². The van der Waals surface area contributed by atoms with Crippen molar-refractivity contribution in [2.24, 2.45) is 0 Å². The number of amides is 1. The van der Waals surface area contributed by atoms with E-state index < -0.39 is 23.2 Å². The van der Waals surface area contributed by atoms with Gasteiger partial charge in [0.15, 0.2) is 0 Å². The highest BCUT2D eigenvalue weighted by molar-refractivity contribution is 5.96. The average molecular weight is 357 g/mol. The first-order valence-corrected chi connectivity index (χ1v) is 8.41. The summed E-state index contributed by atoms with van der Waals surface area (Å²) >= 11 is 0. The van der Waals surface area contributed by atoms with Gasteiger partial charge in [-0.1, -0.05) is 18.2 Å². The first-order chi connectivity index (χ1) is 12.4. The molecular formula is C20H20FNO4. The van der Waals surface area contributed by atoms with Gasteiger partial charge >= 0.3 is 5.97 Å². The fraction of sp³-hybridized carbons (Fsp3) is 0.300. The minimum absolute atomic E-state index is 0.0843. The fourth-order valence-electron chi connectivity index (χ4n) is 3.21. The Labute approximate surface area is 150 Å². The van der Waals surface area contributed by atoms with Gasteiger partial charge in [0.2, 0.25) is 0 Å². The number of nitrogens with one attached hydrogen (secondary N) is 1. The molecule has 2 N–H and O–H groups in total. The van der Waals surface area contributed by atoms with Crippen LogP contribution in [-0.2, 0) is 4.79 Å². The van der Waals surface area contributed by atoms with Gasteiger partial charge < -0.3 is 15.2 Å². The molecule has 3 rings (SSSR count). The molecule has 1 aliphatic carbocycles. The Morgan fingerprint density at radius 2 is 1.81 bits per heavy atom. The summed E-state index contributed by atoms with van der Waals surface area (Å²) in [6, 6.07) is 11.6. The Balaban J connectivity index is 1.78. The molecule has 0 aromatic heterocycles. The van der Waals surface area contributed by atoms with Gasteiger partial charge in [0, 0.05) is 0 Å². The molecule has 0 bridgehead atoms. The number of rotatable bonds is 6. The molecule has 0 unspecified atom stereocenters. The minimum Gasteiger partial charge on any atom is -0.497 e. The zero-order valence-corrected chi connectivity index (χ0v) is 14.4. The molecule has 0 atom stereocenters. The maximum absolute atomic E-state index is 14.5. The molecule has 1 fully saturated rings. The van der Waals surface area contributed by atoms with E-state index in [1.807, 2.05) is 12.1 Å². The molecule has 0 spiro atoms. The van der Waals surface area contributed by atoms with Crippen molar-refractivity contribution in [3.05, 3.63) is 53.8 Å². The van der Waals surface area contributed by atoms with Crippen molar-refractivity contribution in [2.75, 3.05) is 7.11 Å². The first kappa shape index (κ1) is 17.9. The van der Waals surface area contributed by atoms with Crippen LogP contribution in [0.25, 0.3) is 11.1 Å². The van der Waals surface area contributed by atoms with Crippen molar-refractivity contribution in [2.45, 2.75) is 31.2 Å². The van der Waals surface area contributed by atoms with Crippen molar-refractivity contribution in [1.29, 1.82) is 0 Å². The predicted molar refractivity (Wildman–Crippen MR) is 94.7 cm³/mol. The molecule has 136 valence electrons. The summed E-state index contributed by atoms with van der Waals surface area (Å²) in [5.74, 6) is -1.49. The number of benzene rings is 2. The third-order valence-electron chi connectivity index (χ3n) is 4.82. The highest BCUT2D eigenvalue weighted by atomic mass is 19.1. The van der Waals surface area contributed by atoms with E-state index in [2.05, 4.69) is 5.32 Å². The zero-order chi connectivity index (χ0) is 18.7. The molecule has 0 aliphatic heterocycles. The maximum atomic E-state index is 14.5. The lowest BCUT2D eigenvalue weighted by Gasteiger charge is -2.41. The summed E-state index contributed by atoms with van der Waals surface area (Å²) in [5, 5.41) is 11.7. The molecule has 0 heterocycles. The van der Waals surface area contributed by atoms with Crippen LogP contribution in [-0.4, -0.2) is 29.6 Å². The second-order valence-corrected chi connectivity index (χ2v) is 6.58. The van der Waals surface area contributed by atoms with Crippen LogP contribution in [0.15, 0.2) is 42.5 Å². The zero-order valence-electron chi connectivity index (χ0n) is 14.4. The summed E-state index contributed by atoms with van der Waals surface area (Å²) in [6.45, 7) is 0. The Morgan fingerprint density at radius 3 is 2.31 bits per heavy atom. The number of carbonyl (C=O) groups is 2. The van der Waals surface area contributed by atoms with Gasteiger partial charge in [-0.05, 0) is 54.7 Å². The molecule has 2 aromatic carbocycles. The Kier molecular flexibility index (Phi) is 4.93. The van der Waals surface area contributed by atoms with Crippen LogP contribution in [0.3, 0.4) is 0 Å². The van der Waals surface area contributed by atoms with Crippen LogP contribution in [0.5, 0.6) is 5.75 Å². The van der Waals surface area contributed by atoms with Gasteiger partial charge in [0.1, 0.15) is 11.6 Å². The Morgan fingerprint density at radius 1 is 1.15 bits per heavy atom. The number of aliphatic carboxylic acids is 1. The molecule has 1 aliphatic rings. The monoisotopic (exact) mass is 357 g/mol. The second-order valence-electron chi connectivity index (χ2n) is 6.58.